The molecule has 31 heavy (non-hydrogen) atoms. The number of nitrogens with zero attached hydrogens (tertiary/aromatic N) is 1. The Morgan fingerprint density at radius 1 is 1.19 bits per heavy atom. The molecule has 4 amide bonds. The van der Waals surface area contributed by atoms with Gasteiger partial charge in [-0.2, -0.15) is 0 Å². The number of amides is 4. The minimum atomic E-state index is -0.900. The molecule has 7 nitrogen and oxygen atoms in total. The van der Waals surface area contributed by atoms with Gasteiger partial charge in [0.05, 0.1) is 22.5 Å². The van der Waals surface area contributed by atoms with Crippen molar-refractivity contribution in [2.75, 3.05) is 12.0 Å². The van der Waals surface area contributed by atoms with Gasteiger partial charge in [-0.15, -0.1) is 0 Å². The van der Waals surface area contributed by atoms with Crippen molar-refractivity contribution in [3.63, 3.8) is 0 Å². The molecule has 162 valence electrons. The molecule has 2 aromatic rings. The summed E-state index contributed by atoms with van der Waals surface area (Å²) in [7, 11) is 1.50. The van der Waals surface area contributed by atoms with Crippen molar-refractivity contribution in [2.45, 2.75) is 26.4 Å². The lowest BCUT2D eigenvalue weighted by atomic mass is 10.1. The van der Waals surface area contributed by atoms with Crippen molar-refractivity contribution in [2.24, 2.45) is 0 Å². The highest BCUT2D eigenvalue weighted by Crippen LogP contribution is 2.36. The third-order valence-corrected chi connectivity index (χ3v) is 5.44. The third-order valence-electron chi connectivity index (χ3n) is 4.64. The van der Waals surface area contributed by atoms with Crippen LogP contribution in [0, 0.1) is 9.39 Å². The van der Waals surface area contributed by atoms with E-state index < -0.39 is 23.7 Å². The number of ether oxygens (including phenoxy) is 2. The normalized spacial score (nSPS) is 16.4. The Kier molecular flexibility index (Phi) is 6.94. The standard InChI is InChI=1S/C22H20FIN2O5/c1-4-12(2)31-19-17(24)10-13(11-18(19)30-3)9-16-20(27)25-22(29)26(21(16)28)15-7-5-14(23)6-8-15/h5-12H,4H2,1-3H3,(H,25,27,29)/b16-9+/t12-/m1/s1. The molecule has 1 fully saturated rings. The van der Waals surface area contributed by atoms with Crippen LogP contribution >= 0.6 is 22.6 Å². The van der Waals surface area contributed by atoms with Gasteiger partial charge in [0.2, 0.25) is 0 Å². The van der Waals surface area contributed by atoms with Crippen LogP contribution in [0.4, 0.5) is 14.9 Å². The highest BCUT2D eigenvalue weighted by Gasteiger charge is 2.36. The van der Waals surface area contributed by atoms with E-state index >= 15 is 0 Å². The van der Waals surface area contributed by atoms with Crippen LogP contribution in [0.3, 0.4) is 0 Å². The number of rotatable bonds is 6. The summed E-state index contributed by atoms with van der Waals surface area (Å²) < 4.78 is 25.3. The zero-order valence-electron chi connectivity index (χ0n) is 17.1. The lowest BCUT2D eigenvalue weighted by Gasteiger charge is -2.26. The topological polar surface area (TPSA) is 84.9 Å². The Hall–Kier alpha value is -2.95. The Morgan fingerprint density at radius 2 is 1.87 bits per heavy atom. The van der Waals surface area contributed by atoms with Gasteiger partial charge in [0.25, 0.3) is 11.8 Å². The first-order chi connectivity index (χ1) is 14.7. The summed E-state index contributed by atoms with van der Waals surface area (Å²) in [5.41, 5.74) is 0.425. The molecule has 1 saturated heterocycles. The average Bonchev–Trinajstić information content (AvgIpc) is 2.73. The summed E-state index contributed by atoms with van der Waals surface area (Å²) in [6, 6.07) is 7.31. The number of barbiturate groups is 1. The number of hydrogen-bond donors (Lipinski definition) is 1. The van der Waals surface area contributed by atoms with Gasteiger partial charge in [0, 0.05) is 0 Å². The molecule has 0 saturated carbocycles. The number of carbonyl (C=O) groups is 3. The highest BCUT2D eigenvalue weighted by molar-refractivity contribution is 14.1. The summed E-state index contributed by atoms with van der Waals surface area (Å²) in [4.78, 5) is 38.4. The fourth-order valence-electron chi connectivity index (χ4n) is 2.87. The largest absolute Gasteiger partial charge is 0.493 e. The highest BCUT2D eigenvalue weighted by atomic mass is 127. The van der Waals surface area contributed by atoms with Crippen molar-refractivity contribution in [3.05, 3.63) is 56.9 Å². The number of imide groups is 2. The summed E-state index contributed by atoms with van der Waals surface area (Å²) in [5.74, 6) is -1.12. The number of methoxy groups -OCH3 is 1. The lowest BCUT2D eigenvalue weighted by Crippen LogP contribution is -2.54. The van der Waals surface area contributed by atoms with E-state index in [0.29, 0.717) is 17.1 Å². The first-order valence-corrected chi connectivity index (χ1v) is 10.5. The minimum Gasteiger partial charge on any atom is -0.493 e. The van der Waals surface area contributed by atoms with Crippen LogP contribution in [0.2, 0.25) is 0 Å². The molecule has 0 aliphatic carbocycles. The fourth-order valence-corrected chi connectivity index (χ4v) is 3.62. The van der Waals surface area contributed by atoms with Gasteiger partial charge in [0.1, 0.15) is 11.4 Å². The van der Waals surface area contributed by atoms with Crippen molar-refractivity contribution < 1.29 is 28.2 Å². The van der Waals surface area contributed by atoms with Gasteiger partial charge in [-0.05, 0) is 84.0 Å². The number of hydrogen-bond acceptors (Lipinski definition) is 5. The SMILES string of the molecule is CC[C@@H](C)Oc1c(I)cc(/C=C2\C(=O)NC(=O)N(c3ccc(F)cc3)C2=O)cc1OC. The average molecular weight is 538 g/mol. The van der Waals surface area contributed by atoms with Crippen LogP contribution in [0.25, 0.3) is 6.08 Å². The van der Waals surface area contributed by atoms with Crippen molar-refractivity contribution in [3.8, 4) is 11.5 Å². The van der Waals surface area contributed by atoms with Crippen LogP contribution in [0.15, 0.2) is 42.0 Å². The number of nitrogens with one attached hydrogen (secondary N) is 1. The quantitative estimate of drug-likeness (QED) is 0.337. The number of urea groups is 1. The molecular formula is C22H20FIN2O5. The van der Waals surface area contributed by atoms with Gasteiger partial charge >= 0.3 is 6.03 Å². The molecule has 9 heteroatoms. The molecule has 1 heterocycles. The summed E-state index contributed by atoms with van der Waals surface area (Å²) >= 11 is 2.09. The Morgan fingerprint density at radius 3 is 2.48 bits per heavy atom. The second-order valence-corrected chi connectivity index (χ2v) is 7.97. The Balaban J connectivity index is 2.00. The van der Waals surface area contributed by atoms with Gasteiger partial charge in [-0.3, -0.25) is 14.9 Å². The van der Waals surface area contributed by atoms with Gasteiger partial charge in [0.15, 0.2) is 11.5 Å². The molecule has 1 aliphatic heterocycles. The van der Waals surface area contributed by atoms with E-state index in [0.717, 1.165) is 27.0 Å². The van der Waals surface area contributed by atoms with E-state index in [1.54, 1.807) is 12.1 Å². The maximum Gasteiger partial charge on any atom is 0.335 e. The fraction of sp³-hybridized carbons (Fsp3) is 0.227. The molecule has 2 aromatic carbocycles. The maximum absolute atomic E-state index is 13.2. The second-order valence-electron chi connectivity index (χ2n) is 6.81. The minimum absolute atomic E-state index is 0.0207. The Bertz CT molecular complexity index is 1070. The molecule has 1 aliphatic rings. The molecule has 1 atom stereocenters. The summed E-state index contributed by atoms with van der Waals surface area (Å²) in [6.07, 6.45) is 2.17. The zero-order chi connectivity index (χ0) is 22.7. The third kappa shape index (κ3) is 4.87. The summed E-state index contributed by atoms with van der Waals surface area (Å²) in [6.45, 7) is 3.95. The predicted octanol–water partition coefficient (Wildman–Crippen LogP) is 4.28. The van der Waals surface area contributed by atoms with Crippen LogP contribution in [-0.2, 0) is 9.59 Å². The number of benzene rings is 2. The Labute approximate surface area is 192 Å². The molecule has 3 rings (SSSR count). The van der Waals surface area contributed by atoms with E-state index in [1.807, 2.05) is 13.8 Å². The molecular weight excluding hydrogens is 518 g/mol. The van der Waals surface area contributed by atoms with E-state index in [2.05, 4.69) is 27.9 Å². The van der Waals surface area contributed by atoms with E-state index in [9.17, 15) is 18.8 Å². The van der Waals surface area contributed by atoms with Crippen molar-refractivity contribution >= 4 is 52.2 Å². The molecule has 0 unspecified atom stereocenters. The smallest absolute Gasteiger partial charge is 0.335 e. The van der Waals surface area contributed by atoms with Gasteiger partial charge in [-0.25, -0.2) is 14.1 Å². The number of carbonyl (C=O) groups excluding carboxylic acids is 3. The maximum atomic E-state index is 13.2. The second kappa shape index (κ2) is 9.46. The van der Waals surface area contributed by atoms with E-state index in [4.69, 9.17) is 9.47 Å². The molecule has 0 radical (unpaired) electrons. The van der Waals surface area contributed by atoms with E-state index in [1.165, 1.54) is 25.3 Å². The monoisotopic (exact) mass is 538 g/mol. The van der Waals surface area contributed by atoms with Crippen LogP contribution in [0.5, 0.6) is 11.5 Å². The number of halogens is 2. The zero-order valence-corrected chi connectivity index (χ0v) is 19.2. The first kappa shape index (κ1) is 22.7. The number of anilines is 1. The summed E-state index contributed by atoms with van der Waals surface area (Å²) in [5, 5.41) is 2.14. The van der Waals surface area contributed by atoms with Crippen LogP contribution < -0.4 is 19.7 Å². The molecule has 0 aromatic heterocycles. The van der Waals surface area contributed by atoms with E-state index in [-0.39, 0.29) is 17.4 Å². The lowest BCUT2D eigenvalue weighted by molar-refractivity contribution is -0.122. The predicted molar refractivity (Wildman–Crippen MR) is 121 cm³/mol. The van der Waals surface area contributed by atoms with Crippen LogP contribution in [0.1, 0.15) is 25.8 Å². The molecule has 0 bridgehead atoms. The van der Waals surface area contributed by atoms with Crippen LogP contribution in [-0.4, -0.2) is 31.1 Å². The first-order valence-electron chi connectivity index (χ1n) is 9.46. The van der Waals surface area contributed by atoms with Gasteiger partial charge in [-0.1, -0.05) is 6.92 Å². The van der Waals surface area contributed by atoms with Gasteiger partial charge < -0.3 is 9.47 Å². The van der Waals surface area contributed by atoms with Crippen molar-refractivity contribution in [1.29, 1.82) is 0 Å². The molecule has 0 spiro atoms. The van der Waals surface area contributed by atoms with Crippen molar-refractivity contribution in [1.82, 2.24) is 5.32 Å². The molecule has 1 N–H and O–H groups in total.